The molecule has 2 aromatic rings. The van der Waals surface area contributed by atoms with E-state index < -0.39 is 19.5 Å². The van der Waals surface area contributed by atoms with Gasteiger partial charge in [-0.1, -0.05) is 35.4 Å². The van der Waals surface area contributed by atoms with Gasteiger partial charge in [0, 0.05) is 0 Å². The molecule has 2 atom stereocenters. The molecule has 1 heterocycles. The summed E-state index contributed by atoms with van der Waals surface area (Å²) in [6.07, 6.45) is 0. The molecule has 0 N–H and O–H groups in total. The fraction of sp³-hybridized carbons (Fsp3) is 0.143. The molecule has 0 saturated carbocycles. The summed E-state index contributed by atoms with van der Waals surface area (Å²) < 4.78 is 24.2. The highest BCUT2D eigenvalue weighted by atomic mass is 35.9. The molecule has 0 aliphatic carbocycles. The van der Waals surface area contributed by atoms with Gasteiger partial charge in [-0.2, -0.15) is 9.03 Å². The van der Waals surface area contributed by atoms with Crippen molar-refractivity contribution in [2.45, 2.75) is 13.8 Å². The molecule has 0 radical (unpaired) electrons. The van der Waals surface area contributed by atoms with Crippen molar-refractivity contribution in [1.82, 2.24) is 0 Å². The highest BCUT2D eigenvalue weighted by molar-refractivity contribution is 8.16. The average Bonchev–Trinajstić information content (AvgIpc) is 2.49. The number of aryl methyl sites for hydroxylation is 2. The van der Waals surface area contributed by atoms with Crippen molar-refractivity contribution < 1.29 is 9.05 Å². The van der Waals surface area contributed by atoms with Crippen LogP contribution in [0.4, 0.5) is 0 Å². The van der Waals surface area contributed by atoms with Gasteiger partial charge in [-0.05, 0) is 83.1 Å². The van der Waals surface area contributed by atoms with E-state index in [-0.39, 0.29) is 0 Å². The van der Waals surface area contributed by atoms with E-state index in [9.17, 15) is 0 Å². The number of benzene rings is 2. The Labute approximate surface area is 171 Å². The lowest BCUT2D eigenvalue weighted by Crippen LogP contribution is -1.91. The fourth-order valence-electron chi connectivity index (χ4n) is 1.99. The number of hydrogen-bond donors (Lipinski definition) is 0. The summed E-state index contributed by atoms with van der Waals surface area (Å²) in [7, 11) is 0. The van der Waals surface area contributed by atoms with Crippen molar-refractivity contribution in [3.05, 3.63) is 59.7 Å². The SMILES string of the molecule is Cc1ccc(O[P@]2(Cl)=NP(Cl)(Cl)=N[P@@](Cl)(Oc3ccc(C)cc3)=N2)cc1. The van der Waals surface area contributed by atoms with Crippen molar-refractivity contribution in [1.29, 1.82) is 0 Å². The number of nitrogens with zero attached hydrogens (tertiary/aromatic N) is 3. The summed E-state index contributed by atoms with van der Waals surface area (Å²) in [5, 5.41) is 0. The van der Waals surface area contributed by atoms with Crippen LogP contribution in [0.25, 0.3) is 0 Å². The zero-order valence-electron chi connectivity index (χ0n) is 13.6. The van der Waals surface area contributed by atoms with Crippen LogP contribution in [0.3, 0.4) is 0 Å². The lowest BCUT2D eigenvalue weighted by molar-refractivity contribution is 0.607. The molecule has 0 aromatic heterocycles. The van der Waals surface area contributed by atoms with E-state index in [0.29, 0.717) is 11.5 Å². The van der Waals surface area contributed by atoms with Gasteiger partial charge in [0.2, 0.25) is 0 Å². The zero-order chi connectivity index (χ0) is 19.0. The van der Waals surface area contributed by atoms with Crippen molar-refractivity contribution >= 4 is 64.4 Å². The second kappa shape index (κ2) is 7.72. The lowest BCUT2D eigenvalue weighted by atomic mass is 10.2. The predicted molar refractivity (Wildman–Crippen MR) is 115 cm³/mol. The second-order valence-electron chi connectivity index (χ2n) is 5.48. The Morgan fingerprint density at radius 2 is 1.00 bits per heavy atom. The lowest BCUT2D eigenvalue weighted by Gasteiger charge is -2.24. The van der Waals surface area contributed by atoms with E-state index in [2.05, 4.69) is 13.5 Å². The Balaban J connectivity index is 2.00. The first-order chi connectivity index (χ1) is 12.1. The molecule has 0 unspecified atom stereocenters. The molecule has 0 bridgehead atoms. The van der Waals surface area contributed by atoms with Gasteiger partial charge in [0.05, 0.1) is 0 Å². The Morgan fingerprint density at radius 3 is 1.42 bits per heavy atom. The van der Waals surface area contributed by atoms with Gasteiger partial charge in [-0.3, -0.25) is 0 Å². The Kier molecular flexibility index (Phi) is 6.12. The first-order valence-electron chi connectivity index (χ1n) is 7.29. The van der Waals surface area contributed by atoms with Crippen LogP contribution in [0, 0.1) is 13.8 Å². The minimum absolute atomic E-state index is 0.486. The van der Waals surface area contributed by atoms with Gasteiger partial charge in [0.1, 0.15) is 11.5 Å². The van der Waals surface area contributed by atoms with Crippen molar-refractivity contribution in [2.24, 2.45) is 13.5 Å². The molecule has 3 rings (SSSR count). The summed E-state index contributed by atoms with van der Waals surface area (Å²) in [6, 6.07) is 14.5. The van der Waals surface area contributed by atoms with Crippen LogP contribution in [-0.2, 0) is 0 Å². The molecular weight excluding hydrogens is 477 g/mol. The van der Waals surface area contributed by atoms with Crippen LogP contribution in [-0.4, -0.2) is 0 Å². The number of rotatable bonds is 4. The molecule has 1 aliphatic heterocycles. The number of hydrogen-bond acceptors (Lipinski definition) is 5. The molecule has 5 nitrogen and oxygen atoms in total. The molecule has 1 aliphatic rings. The summed E-state index contributed by atoms with van der Waals surface area (Å²) in [5.41, 5.74) is 2.15. The third-order valence-corrected chi connectivity index (χ3v) is 14.6. The van der Waals surface area contributed by atoms with E-state index in [0.717, 1.165) is 11.1 Å². The minimum atomic E-state index is -3.28. The first kappa shape index (κ1) is 20.6. The largest absolute Gasteiger partial charge is 0.431 e. The van der Waals surface area contributed by atoms with Crippen molar-refractivity contribution in [3.8, 4) is 11.5 Å². The van der Waals surface area contributed by atoms with Crippen LogP contribution in [0.5, 0.6) is 11.5 Å². The van der Waals surface area contributed by atoms with Crippen LogP contribution >= 0.6 is 64.4 Å². The summed E-state index contributed by atoms with van der Waals surface area (Å²) in [5.74, 6) is -2.21. The normalized spacial score (nSPS) is 26.8. The van der Waals surface area contributed by atoms with Gasteiger partial charge >= 0.3 is 13.6 Å². The Bertz CT molecular complexity index is 934. The quantitative estimate of drug-likeness (QED) is 0.400. The molecule has 140 valence electrons. The average molecular weight is 491 g/mol. The van der Waals surface area contributed by atoms with Crippen molar-refractivity contribution in [2.75, 3.05) is 0 Å². The van der Waals surface area contributed by atoms with Gasteiger partial charge in [-0.25, -0.2) is 0 Å². The fourth-order valence-corrected chi connectivity index (χ4v) is 16.7. The maximum Gasteiger partial charge on any atom is 0.352 e. The first-order valence-corrected chi connectivity index (χ1v) is 15.8. The summed E-state index contributed by atoms with van der Waals surface area (Å²) in [4.78, 5) is 0. The molecule has 12 heteroatoms. The maximum absolute atomic E-state index is 6.53. The van der Waals surface area contributed by atoms with E-state index in [1.807, 2.05) is 38.1 Å². The Hall–Kier alpha value is -0.110. The Morgan fingerprint density at radius 1 is 0.615 bits per heavy atom. The zero-order valence-corrected chi connectivity index (χ0v) is 19.3. The van der Waals surface area contributed by atoms with Crippen LogP contribution in [0.1, 0.15) is 11.1 Å². The molecule has 26 heavy (non-hydrogen) atoms. The predicted octanol–water partition coefficient (Wildman–Crippen LogP) is 9.57. The van der Waals surface area contributed by atoms with Crippen LogP contribution in [0.15, 0.2) is 62.1 Å². The van der Waals surface area contributed by atoms with E-state index >= 15 is 0 Å². The van der Waals surface area contributed by atoms with Crippen LogP contribution in [0.2, 0.25) is 0 Å². The molecule has 0 spiro atoms. The van der Waals surface area contributed by atoms with E-state index in [1.54, 1.807) is 24.3 Å². The number of halogens is 4. The third-order valence-electron chi connectivity index (χ3n) is 3.14. The summed E-state index contributed by atoms with van der Waals surface area (Å²) >= 11 is 25.5. The molecule has 0 amide bonds. The molecule has 0 saturated heterocycles. The van der Waals surface area contributed by atoms with Gasteiger partial charge < -0.3 is 9.05 Å². The van der Waals surface area contributed by atoms with E-state index in [1.165, 1.54) is 0 Å². The third kappa shape index (κ3) is 5.46. The monoisotopic (exact) mass is 489 g/mol. The minimum Gasteiger partial charge on any atom is -0.431 e. The maximum atomic E-state index is 6.53. The van der Waals surface area contributed by atoms with Gasteiger partial charge in [0.25, 0.3) is 5.91 Å². The standard InChI is InChI=1S/C14H14Cl4N3O2P3/c1-11-3-7-13(8-4-11)22-25(17)19-24(15,16)20-26(18,21-25)23-14-9-5-12(2)6-10-14/h3-10H,1-2H3/t25-,26-/m1/s1. The topological polar surface area (TPSA) is 55.5 Å². The van der Waals surface area contributed by atoms with Crippen molar-refractivity contribution in [3.63, 3.8) is 0 Å². The molecular formula is C14H14Cl4N3O2P3. The smallest absolute Gasteiger partial charge is 0.352 e. The van der Waals surface area contributed by atoms with Gasteiger partial charge in [-0.15, -0.1) is 4.52 Å². The summed E-state index contributed by atoms with van der Waals surface area (Å²) in [6.45, 7) is -2.65. The highest BCUT2D eigenvalue weighted by Gasteiger charge is 2.37. The molecule has 0 fully saturated rings. The molecule has 2 aromatic carbocycles. The second-order valence-corrected chi connectivity index (χ2v) is 16.8. The van der Waals surface area contributed by atoms with Gasteiger partial charge in [0.15, 0.2) is 0 Å². The highest BCUT2D eigenvalue weighted by Crippen LogP contribution is 2.84. The van der Waals surface area contributed by atoms with E-state index in [4.69, 9.17) is 54.0 Å². The van der Waals surface area contributed by atoms with Crippen LogP contribution < -0.4 is 9.05 Å².